The highest BCUT2D eigenvalue weighted by Crippen LogP contribution is 2.27. The third-order valence-electron chi connectivity index (χ3n) is 5.49. The molecule has 2 aromatic heterocycles. The van der Waals surface area contributed by atoms with E-state index in [-0.39, 0.29) is 0 Å². The topological polar surface area (TPSA) is 69.2 Å². The maximum absolute atomic E-state index is 7.72. The summed E-state index contributed by atoms with van der Waals surface area (Å²) >= 11 is 0. The fraction of sp³-hybridized carbons (Fsp3) is 0.611. The molecule has 0 spiro atoms. The monoisotopic (exact) mass is 327 g/mol. The van der Waals surface area contributed by atoms with E-state index in [2.05, 4.69) is 19.9 Å². The molecule has 3 heterocycles. The molecule has 0 atom stereocenters. The van der Waals surface area contributed by atoms with Crippen LogP contribution in [0.4, 0.5) is 5.82 Å². The molecule has 128 valence electrons. The lowest BCUT2D eigenvalue weighted by Crippen LogP contribution is -2.47. The van der Waals surface area contributed by atoms with Crippen molar-refractivity contribution in [1.82, 2.24) is 15.0 Å². The molecule has 0 aromatic carbocycles. The molecule has 0 bridgehead atoms. The van der Waals surface area contributed by atoms with E-state index in [1.165, 1.54) is 25.8 Å². The Morgan fingerprint density at radius 3 is 2.75 bits per heavy atom. The second kappa shape index (κ2) is 6.89. The molecule has 2 fully saturated rings. The summed E-state index contributed by atoms with van der Waals surface area (Å²) in [5, 5.41) is 13.0. The molecule has 0 amide bonds. The SMILES string of the molecule is N=C1CCC(CCN2CCN(c3noc4ccncc34)CC2)CC1. The van der Waals surface area contributed by atoms with Crippen LogP contribution in [0.15, 0.2) is 23.0 Å². The van der Waals surface area contributed by atoms with Gasteiger partial charge in [0.15, 0.2) is 11.4 Å². The Kier molecular flexibility index (Phi) is 4.47. The molecule has 2 aliphatic rings. The van der Waals surface area contributed by atoms with Crippen LogP contribution in [0.1, 0.15) is 32.1 Å². The van der Waals surface area contributed by atoms with Crippen molar-refractivity contribution in [2.45, 2.75) is 32.1 Å². The second-order valence-corrected chi connectivity index (χ2v) is 7.04. The Balaban J connectivity index is 1.28. The lowest BCUT2D eigenvalue weighted by Gasteiger charge is -2.35. The van der Waals surface area contributed by atoms with Gasteiger partial charge < -0.3 is 14.8 Å². The summed E-state index contributed by atoms with van der Waals surface area (Å²) in [5.41, 5.74) is 1.76. The number of pyridine rings is 1. The predicted molar refractivity (Wildman–Crippen MR) is 94.8 cm³/mol. The van der Waals surface area contributed by atoms with Gasteiger partial charge in [-0.05, 0) is 44.6 Å². The fourth-order valence-electron chi connectivity index (χ4n) is 3.86. The van der Waals surface area contributed by atoms with Crippen molar-refractivity contribution < 1.29 is 4.52 Å². The van der Waals surface area contributed by atoms with Gasteiger partial charge in [-0.3, -0.25) is 9.88 Å². The number of anilines is 1. The van der Waals surface area contributed by atoms with Crippen LogP contribution in [-0.4, -0.2) is 53.5 Å². The molecule has 4 rings (SSSR count). The molecule has 2 aromatic rings. The summed E-state index contributed by atoms with van der Waals surface area (Å²) < 4.78 is 5.40. The van der Waals surface area contributed by atoms with Crippen molar-refractivity contribution in [3.63, 3.8) is 0 Å². The Bertz CT molecular complexity index is 694. The van der Waals surface area contributed by atoms with Crippen molar-refractivity contribution >= 4 is 22.5 Å². The van der Waals surface area contributed by atoms with E-state index in [0.29, 0.717) is 0 Å². The van der Waals surface area contributed by atoms with Gasteiger partial charge in [0, 0.05) is 50.4 Å². The standard InChI is InChI=1S/C18H25N5O/c19-15-3-1-14(2-4-15)6-8-22-9-11-23(12-10-22)18-16-13-20-7-5-17(16)24-21-18/h5,7,13-14,19H,1-4,6,8-12H2. The number of aromatic nitrogens is 2. The summed E-state index contributed by atoms with van der Waals surface area (Å²) in [6, 6.07) is 1.87. The third-order valence-corrected chi connectivity index (χ3v) is 5.49. The summed E-state index contributed by atoms with van der Waals surface area (Å²) in [4.78, 5) is 9.07. The number of hydrogen-bond acceptors (Lipinski definition) is 6. The zero-order valence-electron chi connectivity index (χ0n) is 14.1. The quantitative estimate of drug-likeness (QED) is 0.935. The lowest BCUT2D eigenvalue weighted by molar-refractivity contribution is 0.230. The molecule has 1 aliphatic heterocycles. The van der Waals surface area contributed by atoms with Gasteiger partial charge in [0.2, 0.25) is 0 Å². The number of piperazine rings is 1. The van der Waals surface area contributed by atoms with Crippen molar-refractivity contribution in [3.8, 4) is 0 Å². The Morgan fingerprint density at radius 2 is 1.96 bits per heavy atom. The Hall–Kier alpha value is -1.95. The van der Waals surface area contributed by atoms with Crippen LogP contribution in [-0.2, 0) is 0 Å². The van der Waals surface area contributed by atoms with Gasteiger partial charge in [0.1, 0.15) is 0 Å². The average Bonchev–Trinajstić information content (AvgIpc) is 3.06. The first-order valence-corrected chi connectivity index (χ1v) is 9.02. The van der Waals surface area contributed by atoms with Crippen LogP contribution >= 0.6 is 0 Å². The van der Waals surface area contributed by atoms with Crippen molar-refractivity contribution in [2.24, 2.45) is 5.92 Å². The maximum atomic E-state index is 7.72. The zero-order chi connectivity index (χ0) is 16.4. The molecule has 0 radical (unpaired) electrons. The summed E-state index contributed by atoms with van der Waals surface area (Å²) in [6.45, 7) is 5.33. The van der Waals surface area contributed by atoms with Gasteiger partial charge in [-0.15, -0.1) is 0 Å². The minimum absolute atomic E-state index is 0.810. The van der Waals surface area contributed by atoms with E-state index in [4.69, 9.17) is 9.93 Å². The van der Waals surface area contributed by atoms with Crippen molar-refractivity contribution in [1.29, 1.82) is 5.41 Å². The fourth-order valence-corrected chi connectivity index (χ4v) is 3.86. The number of nitrogens with zero attached hydrogens (tertiary/aromatic N) is 4. The number of nitrogens with one attached hydrogen (secondary N) is 1. The first-order valence-electron chi connectivity index (χ1n) is 9.02. The Labute approximate surface area is 142 Å². The van der Waals surface area contributed by atoms with E-state index >= 15 is 0 Å². The smallest absolute Gasteiger partial charge is 0.181 e. The molecule has 1 aliphatic carbocycles. The first-order chi connectivity index (χ1) is 11.8. The largest absolute Gasteiger partial charge is 0.354 e. The molecule has 1 N–H and O–H groups in total. The van der Waals surface area contributed by atoms with Crippen LogP contribution in [0.25, 0.3) is 11.0 Å². The maximum Gasteiger partial charge on any atom is 0.181 e. The summed E-state index contributed by atoms with van der Waals surface area (Å²) in [5.74, 6) is 1.76. The lowest BCUT2D eigenvalue weighted by atomic mass is 9.86. The summed E-state index contributed by atoms with van der Waals surface area (Å²) in [6.07, 6.45) is 9.34. The normalized spacial score (nSPS) is 23.1. The van der Waals surface area contributed by atoms with Crippen LogP contribution in [0.3, 0.4) is 0 Å². The third kappa shape index (κ3) is 3.29. The molecule has 1 saturated heterocycles. The highest BCUT2D eigenvalue weighted by molar-refractivity contribution is 5.87. The van der Waals surface area contributed by atoms with Crippen molar-refractivity contribution in [3.05, 3.63) is 18.5 Å². The second-order valence-electron chi connectivity index (χ2n) is 7.04. The van der Waals surface area contributed by atoms with Gasteiger partial charge in [-0.2, -0.15) is 0 Å². The molecule has 6 heteroatoms. The van der Waals surface area contributed by atoms with Crippen LogP contribution in [0.2, 0.25) is 0 Å². The van der Waals surface area contributed by atoms with E-state index in [0.717, 1.165) is 67.4 Å². The van der Waals surface area contributed by atoms with Crippen LogP contribution < -0.4 is 4.90 Å². The number of fused-ring (bicyclic) bond motifs is 1. The first kappa shape index (κ1) is 15.6. The highest BCUT2D eigenvalue weighted by Gasteiger charge is 2.23. The molecule has 6 nitrogen and oxygen atoms in total. The predicted octanol–water partition coefficient (Wildman–Crippen LogP) is 2.94. The van der Waals surface area contributed by atoms with Crippen molar-refractivity contribution in [2.75, 3.05) is 37.6 Å². The minimum atomic E-state index is 0.810. The van der Waals surface area contributed by atoms with Crippen LogP contribution in [0.5, 0.6) is 0 Å². The molecule has 24 heavy (non-hydrogen) atoms. The van der Waals surface area contributed by atoms with Gasteiger partial charge >= 0.3 is 0 Å². The molecule has 1 saturated carbocycles. The molecular formula is C18H25N5O. The van der Waals surface area contributed by atoms with E-state index in [9.17, 15) is 0 Å². The zero-order valence-corrected chi connectivity index (χ0v) is 14.1. The van der Waals surface area contributed by atoms with Gasteiger partial charge in [-0.25, -0.2) is 0 Å². The van der Waals surface area contributed by atoms with E-state index in [1.807, 2.05) is 12.3 Å². The highest BCUT2D eigenvalue weighted by atomic mass is 16.5. The van der Waals surface area contributed by atoms with Gasteiger partial charge in [-0.1, -0.05) is 5.16 Å². The number of hydrogen-bond donors (Lipinski definition) is 1. The van der Waals surface area contributed by atoms with E-state index in [1.54, 1.807) is 6.20 Å². The average molecular weight is 327 g/mol. The van der Waals surface area contributed by atoms with E-state index < -0.39 is 0 Å². The minimum Gasteiger partial charge on any atom is -0.354 e. The molecule has 0 unspecified atom stereocenters. The molecular weight excluding hydrogens is 302 g/mol. The van der Waals surface area contributed by atoms with Crippen LogP contribution in [0, 0.1) is 11.3 Å². The van der Waals surface area contributed by atoms with Gasteiger partial charge in [0.25, 0.3) is 0 Å². The van der Waals surface area contributed by atoms with Gasteiger partial charge in [0.05, 0.1) is 5.39 Å². The summed E-state index contributed by atoms with van der Waals surface area (Å²) in [7, 11) is 0. The number of rotatable bonds is 4. The Morgan fingerprint density at radius 1 is 1.17 bits per heavy atom.